The minimum atomic E-state index is 0. The van der Waals surface area contributed by atoms with Crippen LogP contribution in [0.3, 0.4) is 0 Å². The predicted octanol–water partition coefficient (Wildman–Crippen LogP) is 6.27. The topological polar surface area (TPSA) is 0 Å². The molecule has 0 atom stereocenters. The van der Waals surface area contributed by atoms with Gasteiger partial charge in [-0.1, -0.05) is 84.0 Å². The molecule has 1 fully saturated rings. The van der Waals surface area contributed by atoms with Crippen molar-refractivity contribution in [2.45, 2.75) is 60.8 Å². The lowest BCUT2D eigenvalue weighted by molar-refractivity contribution is 0.628. The summed E-state index contributed by atoms with van der Waals surface area (Å²) >= 11 is 0. The molecule has 0 radical (unpaired) electrons. The molecule has 1 aliphatic rings. The van der Waals surface area contributed by atoms with Gasteiger partial charge in [0.25, 0.3) is 0 Å². The minimum absolute atomic E-state index is 0. The summed E-state index contributed by atoms with van der Waals surface area (Å²) in [6, 6.07) is 10.7. The maximum absolute atomic E-state index is 4.23. The highest BCUT2D eigenvalue weighted by Crippen LogP contribution is 2.31. The van der Waals surface area contributed by atoms with Crippen LogP contribution in [0.25, 0.3) is 0 Å². The molecule has 0 unspecified atom stereocenters. The van der Waals surface area contributed by atoms with Gasteiger partial charge in [-0.25, -0.2) is 0 Å². The fourth-order valence-corrected chi connectivity index (χ4v) is 2.34. The monoisotopic (exact) mass is 248 g/mol. The van der Waals surface area contributed by atoms with Crippen molar-refractivity contribution in [3.8, 4) is 0 Å². The van der Waals surface area contributed by atoms with E-state index in [1.807, 2.05) is 13.8 Å². The molecule has 1 aromatic rings. The molecule has 1 aliphatic carbocycles. The molecule has 0 spiro atoms. The minimum Gasteiger partial charge on any atom is -0.0992 e. The van der Waals surface area contributed by atoms with E-state index >= 15 is 0 Å². The zero-order chi connectivity index (χ0) is 11.8. The third-order valence-corrected chi connectivity index (χ3v) is 3.21. The fourth-order valence-electron chi connectivity index (χ4n) is 2.34. The Morgan fingerprint density at radius 2 is 1.56 bits per heavy atom. The maximum atomic E-state index is 4.23. The zero-order valence-electron chi connectivity index (χ0n) is 10.7. The van der Waals surface area contributed by atoms with Crippen LogP contribution in [0.1, 0.15) is 59.9 Å². The molecule has 0 nitrogen and oxygen atoms in total. The highest BCUT2D eigenvalue weighted by molar-refractivity contribution is 5.21. The molecule has 1 aromatic carbocycles. The van der Waals surface area contributed by atoms with Gasteiger partial charge in [0.15, 0.2) is 0 Å². The van der Waals surface area contributed by atoms with Gasteiger partial charge in [-0.2, -0.15) is 0 Å². The molecule has 104 valence electrons. The van der Waals surface area contributed by atoms with E-state index in [0.717, 1.165) is 12.3 Å². The summed E-state index contributed by atoms with van der Waals surface area (Å²) in [6.07, 6.45) is 6.61. The Bertz CT molecular complexity index is 291. The second-order valence-corrected chi connectivity index (χ2v) is 4.30. The van der Waals surface area contributed by atoms with E-state index in [2.05, 4.69) is 36.9 Å². The molecule has 0 saturated heterocycles. The Balaban J connectivity index is 0. The van der Waals surface area contributed by atoms with Crippen molar-refractivity contribution >= 4 is 0 Å². The van der Waals surface area contributed by atoms with Crippen LogP contribution in [-0.2, 0) is 6.42 Å². The van der Waals surface area contributed by atoms with E-state index in [1.165, 1.54) is 36.8 Å². The van der Waals surface area contributed by atoms with Gasteiger partial charge in [0.05, 0.1) is 0 Å². The van der Waals surface area contributed by atoms with E-state index in [4.69, 9.17) is 0 Å². The van der Waals surface area contributed by atoms with E-state index < -0.39 is 0 Å². The Labute approximate surface area is 115 Å². The summed E-state index contributed by atoms with van der Waals surface area (Å²) in [4.78, 5) is 0. The van der Waals surface area contributed by atoms with E-state index in [0.29, 0.717) is 0 Å². The third-order valence-electron chi connectivity index (χ3n) is 3.21. The van der Waals surface area contributed by atoms with Crippen LogP contribution in [0.4, 0.5) is 0 Å². The highest BCUT2D eigenvalue weighted by Gasteiger charge is 2.17. The van der Waals surface area contributed by atoms with E-state index in [9.17, 15) is 0 Å². The number of hydrogen-bond acceptors (Lipinski definition) is 0. The van der Waals surface area contributed by atoms with Crippen LogP contribution in [0.15, 0.2) is 42.5 Å². The first-order valence-corrected chi connectivity index (χ1v) is 6.58. The summed E-state index contributed by atoms with van der Waals surface area (Å²) in [6.45, 7) is 8.23. The quantitative estimate of drug-likeness (QED) is 0.553. The Morgan fingerprint density at radius 3 is 2.06 bits per heavy atom. The Morgan fingerprint density at radius 1 is 1.06 bits per heavy atom. The first-order chi connectivity index (χ1) is 7.86. The summed E-state index contributed by atoms with van der Waals surface area (Å²) < 4.78 is 0. The van der Waals surface area contributed by atoms with Crippen LogP contribution in [0.5, 0.6) is 0 Å². The molecule has 0 aromatic heterocycles. The van der Waals surface area contributed by atoms with Crippen LogP contribution in [0, 0.1) is 5.92 Å². The van der Waals surface area contributed by atoms with Gasteiger partial charge in [-0.05, 0) is 30.7 Å². The molecule has 1 saturated carbocycles. The van der Waals surface area contributed by atoms with Crippen LogP contribution in [0.2, 0.25) is 0 Å². The molecule has 18 heavy (non-hydrogen) atoms. The summed E-state index contributed by atoms with van der Waals surface area (Å²) in [5.41, 5.74) is 2.85. The Hall–Kier alpha value is -1.04. The second kappa shape index (κ2) is 11.1. The smallest absolute Gasteiger partial charge is 0.00670 e. The van der Waals surface area contributed by atoms with Gasteiger partial charge in [-0.3, -0.25) is 0 Å². The van der Waals surface area contributed by atoms with E-state index in [-0.39, 0.29) is 14.9 Å². The largest absolute Gasteiger partial charge is 0.0992 e. The van der Waals surface area contributed by atoms with Gasteiger partial charge < -0.3 is 0 Å². The van der Waals surface area contributed by atoms with Crippen LogP contribution < -0.4 is 0 Å². The average molecular weight is 248 g/mol. The maximum Gasteiger partial charge on any atom is -0.00670 e. The van der Waals surface area contributed by atoms with Crippen molar-refractivity contribution in [3.05, 3.63) is 48.0 Å². The van der Waals surface area contributed by atoms with Crippen molar-refractivity contribution in [2.75, 3.05) is 0 Å². The van der Waals surface area contributed by atoms with Gasteiger partial charge >= 0.3 is 0 Å². The van der Waals surface area contributed by atoms with Gasteiger partial charge in [0, 0.05) is 0 Å². The molecule has 0 N–H and O–H groups in total. The van der Waals surface area contributed by atoms with Crippen LogP contribution in [-0.4, -0.2) is 0 Å². The molecule has 0 bridgehead atoms. The van der Waals surface area contributed by atoms with Crippen molar-refractivity contribution in [3.63, 3.8) is 0 Å². The number of allylic oxidation sites excluding steroid dienone is 1. The fraction of sp³-hybridized carbons (Fsp3) is 0.556. The number of rotatable bonds is 3. The lowest BCUT2D eigenvalue weighted by Gasteiger charge is -2.12. The molecule has 0 amide bonds. The number of hydrogen-bond donors (Lipinski definition) is 0. The normalized spacial score (nSPS) is 13.7. The van der Waals surface area contributed by atoms with E-state index in [1.54, 1.807) is 0 Å². The molecule has 0 heterocycles. The van der Waals surface area contributed by atoms with Gasteiger partial charge in [0.2, 0.25) is 0 Å². The first-order valence-electron chi connectivity index (χ1n) is 6.58. The molecular weight excluding hydrogens is 216 g/mol. The SMILES string of the molecule is C.C.C=C(Cc1ccccc1)C1CCCC1.CC. The second-order valence-electron chi connectivity index (χ2n) is 4.30. The standard InChI is InChI=1S/C14H18.C2H6.2CH4/c1-12(14-9-5-6-10-14)11-13-7-3-2-4-8-13;1-2;;/h2-4,7-8,14H,1,5-6,9-11H2;1-2H3;2*1H4. The average Bonchev–Trinajstić information content (AvgIpc) is 2.86. The zero-order valence-corrected chi connectivity index (χ0v) is 10.7. The van der Waals surface area contributed by atoms with Crippen molar-refractivity contribution in [1.82, 2.24) is 0 Å². The summed E-state index contributed by atoms with van der Waals surface area (Å²) in [5.74, 6) is 0.801. The lowest BCUT2D eigenvalue weighted by Crippen LogP contribution is -2.00. The molecule has 0 aliphatic heterocycles. The highest BCUT2D eigenvalue weighted by atomic mass is 14.2. The third kappa shape index (κ3) is 6.05. The lowest BCUT2D eigenvalue weighted by atomic mass is 9.93. The van der Waals surface area contributed by atoms with Crippen molar-refractivity contribution in [1.29, 1.82) is 0 Å². The van der Waals surface area contributed by atoms with Crippen molar-refractivity contribution in [2.24, 2.45) is 5.92 Å². The molecular formula is C18H32. The van der Waals surface area contributed by atoms with Crippen LogP contribution >= 0.6 is 0 Å². The molecule has 0 heteroatoms. The summed E-state index contributed by atoms with van der Waals surface area (Å²) in [5, 5.41) is 0. The first kappa shape index (κ1) is 19.3. The number of benzene rings is 1. The van der Waals surface area contributed by atoms with Gasteiger partial charge in [0.1, 0.15) is 0 Å². The predicted molar refractivity (Wildman–Crippen MR) is 86.1 cm³/mol. The Kier molecular flexibility index (Phi) is 11.9. The van der Waals surface area contributed by atoms with Crippen molar-refractivity contribution < 1.29 is 0 Å². The summed E-state index contributed by atoms with van der Waals surface area (Å²) in [7, 11) is 0. The molecule has 2 rings (SSSR count). The van der Waals surface area contributed by atoms with Gasteiger partial charge in [-0.15, -0.1) is 0 Å².